The van der Waals surface area contributed by atoms with Gasteiger partial charge in [0, 0.05) is 16.5 Å². The van der Waals surface area contributed by atoms with E-state index in [0.29, 0.717) is 28.0 Å². The third kappa shape index (κ3) is 6.12. The highest BCUT2D eigenvalue weighted by Crippen LogP contribution is 2.41. The first-order valence-electron chi connectivity index (χ1n) is 12.9. The average molecular weight is 606 g/mol. The van der Waals surface area contributed by atoms with E-state index in [4.69, 9.17) is 21.1 Å². The Kier molecular flexibility index (Phi) is 8.93. The second-order valence-corrected chi connectivity index (χ2v) is 10.1. The summed E-state index contributed by atoms with van der Waals surface area (Å²) >= 11 is 6.17. The summed E-state index contributed by atoms with van der Waals surface area (Å²) in [6.07, 6.45) is -4.63. The van der Waals surface area contributed by atoms with Crippen LogP contribution in [-0.2, 0) is 5.60 Å². The quantitative estimate of drug-likeness (QED) is 0.207. The highest BCUT2D eigenvalue weighted by molar-refractivity contribution is 6.31. The van der Waals surface area contributed by atoms with E-state index < -0.39 is 35.7 Å². The van der Waals surface area contributed by atoms with Crippen molar-refractivity contribution < 1.29 is 36.9 Å². The van der Waals surface area contributed by atoms with Crippen molar-refractivity contribution in [3.63, 3.8) is 0 Å². The van der Waals surface area contributed by atoms with Crippen LogP contribution in [-0.4, -0.2) is 47.4 Å². The summed E-state index contributed by atoms with van der Waals surface area (Å²) in [5.74, 6) is -1.04. The van der Waals surface area contributed by atoms with Gasteiger partial charge in [-0.2, -0.15) is 13.2 Å². The number of amides is 1. The molecule has 2 heterocycles. The van der Waals surface area contributed by atoms with Gasteiger partial charge < -0.3 is 19.9 Å². The molecule has 0 aliphatic carbocycles. The zero-order valence-electron chi connectivity index (χ0n) is 23.2. The van der Waals surface area contributed by atoms with Crippen molar-refractivity contribution in [3.05, 3.63) is 81.9 Å². The first-order chi connectivity index (χ1) is 19.8. The molecule has 2 aromatic carbocycles. The molecule has 2 aromatic heterocycles. The number of halogens is 5. The number of pyridine rings is 2. The Balaban J connectivity index is 1.74. The molecule has 0 aliphatic heterocycles. The number of methoxy groups -OCH3 is 1. The Morgan fingerprint density at radius 3 is 2.38 bits per heavy atom. The molecule has 0 saturated carbocycles. The van der Waals surface area contributed by atoms with Crippen molar-refractivity contribution in [1.29, 1.82) is 0 Å². The van der Waals surface area contributed by atoms with Crippen LogP contribution in [0.15, 0.2) is 48.5 Å². The fraction of sp³-hybridized carbons (Fsp3) is 0.300. The maximum Gasteiger partial charge on any atom is 0.424 e. The standard InChI is InChI=1S/C30H28ClF4N3O4/c1-5-10-42-27-16(2)11-24(38-26(27)18-6-8-21(32)9-7-18)29(40,30(33,34)35)15-36-28(39)20-12-19-13-22(31)17(3)37-25(19)23(14-20)41-4/h6-9,11-14,40H,5,10,15H2,1-4H3,(H,36,39)/t29-/m0/s1. The van der Waals surface area contributed by atoms with Gasteiger partial charge in [-0.15, -0.1) is 0 Å². The van der Waals surface area contributed by atoms with Crippen LogP contribution in [0.2, 0.25) is 5.02 Å². The average Bonchev–Trinajstić information content (AvgIpc) is 2.94. The van der Waals surface area contributed by atoms with Gasteiger partial charge in [0.05, 0.1) is 36.7 Å². The van der Waals surface area contributed by atoms with Crippen molar-refractivity contribution >= 4 is 28.4 Å². The first-order valence-corrected chi connectivity index (χ1v) is 13.3. The third-order valence-electron chi connectivity index (χ3n) is 6.62. The van der Waals surface area contributed by atoms with Gasteiger partial charge in [-0.3, -0.25) is 4.79 Å². The zero-order valence-corrected chi connectivity index (χ0v) is 24.0. The number of carbonyl (C=O) groups excluding carboxylic acids is 1. The van der Waals surface area contributed by atoms with Crippen LogP contribution in [0, 0.1) is 19.7 Å². The van der Waals surface area contributed by atoms with Gasteiger partial charge in [-0.05, 0) is 74.4 Å². The molecule has 0 aliphatic rings. The molecule has 0 radical (unpaired) electrons. The molecule has 1 amide bonds. The molecular formula is C30H28ClF4N3O4. The van der Waals surface area contributed by atoms with E-state index in [9.17, 15) is 27.5 Å². The Morgan fingerprint density at radius 1 is 1.07 bits per heavy atom. The number of fused-ring (bicyclic) bond motifs is 1. The zero-order chi connectivity index (χ0) is 30.8. The number of benzene rings is 2. The number of aliphatic hydroxyl groups is 1. The highest BCUT2D eigenvalue weighted by atomic mass is 35.5. The molecule has 0 spiro atoms. The minimum Gasteiger partial charge on any atom is -0.494 e. The van der Waals surface area contributed by atoms with E-state index >= 15 is 0 Å². The monoisotopic (exact) mass is 605 g/mol. The van der Waals surface area contributed by atoms with Gasteiger partial charge in [0.2, 0.25) is 5.60 Å². The van der Waals surface area contributed by atoms with Gasteiger partial charge in [-0.1, -0.05) is 18.5 Å². The van der Waals surface area contributed by atoms with E-state index in [-0.39, 0.29) is 40.5 Å². The predicted octanol–water partition coefficient (Wildman–Crippen LogP) is 6.68. The summed E-state index contributed by atoms with van der Waals surface area (Å²) in [7, 11) is 1.37. The normalized spacial score (nSPS) is 13.1. The molecule has 4 rings (SSSR count). The fourth-order valence-electron chi connectivity index (χ4n) is 4.32. The van der Waals surface area contributed by atoms with Gasteiger partial charge in [0.15, 0.2) is 0 Å². The molecule has 0 saturated heterocycles. The van der Waals surface area contributed by atoms with Crippen LogP contribution in [0.4, 0.5) is 17.6 Å². The van der Waals surface area contributed by atoms with E-state index in [1.165, 1.54) is 38.3 Å². The molecule has 222 valence electrons. The summed E-state index contributed by atoms with van der Waals surface area (Å²) in [6.45, 7) is 4.07. The Hall–Kier alpha value is -3.96. The molecule has 0 unspecified atom stereocenters. The lowest BCUT2D eigenvalue weighted by atomic mass is 9.94. The molecule has 0 bridgehead atoms. The molecular weight excluding hydrogens is 578 g/mol. The molecule has 7 nitrogen and oxygen atoms in total. The van der Waals surface area contributed by atoms with Crippen molar-refractivity contribution in [2.24, 2.45) is 0 Å². The van der Waals surface area contributed by atoms with E-state index in [0.717, 1.165) is 18.2 Å². The lowest BCUT2D eigenvalue weighted by Crippen LogP contribution is -2.51. The van der Waals surface area contributed by atoms with Crippen molar-refractivity contribution in [3.8, 4) is 22.8 Å². The number of ether oxygens (including phenoxy) is 2. The number of nitrogens with zero attached hydrogens (tertiary/aromatic N) is 2. The van der Waals surface area contributed by atoms with Gasteiger partial charge in [-0.25, -0.2) is 14.4 Å². The third-order valence-corrected chi connectivity index (χ3v) is 7.00. The number of hydrogen-bond donors (Lipinski definition) is 2. The van der Waals surface area contributed by atoms with Crippen LogP contribution in [0.1, 0.15) is 40.7 Å². The van der Waals surface area contributed by atoms with Crippen LogP contribution >= 0.6 is 11.6 Å². The largest absolute Gasteiger partial charge is 0.494 e. The smallest absolute Gasteiger partial charge is 0.424 e. The SMILES string of the molecule is CCCOc1c(C)cc([C@@](O)(CNC(=O)c2cc(OC)c3nc(C)c(Cl)cc3c2)C(F)(F)F)nc1-c1ccc(F)cc1. The maximum atomic E-state index is 14.5. The summed E-state index contributed by atoms with van der Waals surface area (Å²) in [6, 6.07) is 10.4. The number of aryl methyl sites for hydroxylation is 2. The topological polar surface area (TPSA) is 93.6 Å². The van der Waals surface area contributed by atoms with Crippen molar-refractivity contribution in [2.45, 2.75) is 39.0 Å². The van der Waals surface area contributed by atoms with E-state index in [1.807, 2.05) is 6.92 Å². The molecule has 1 atom stereocenters. The number of rotatable bonds is 9. The number of carbonyl (C=O) groups is 1. The number of aromatic nitrogens is 2. The first kappa shape index (κ1) is 31.0. The number of nitrogens with one attached hydrogen (secondary N) is 1. The predicted molar refractivity (Wildman–Crippen MR) is 150 cm³/mol. The minimum atomic E-state index is -5.25. The molecule has 2 N–H and O–H groups in total. The van der Waals surface area contributed by atoms with Crippen LogP contribution in [0.3, 0.4) is 0 Å². The second-order valence-electron chi connectivity index (χ2n) is 9.70. The second kappa shape index (κ2) is 12.1. The Labute approximate surface area is 244 Å². The lowest BCUT2D eigenvalue weighted by molar-refractivity contribution is -0.265. The molecule has 42 heavy (non-hydrogen) atoms. The summed E-state index contributed by atoms with van der Waals surface area (Å²) in [5.41, 5.74) is -2.90. The maximum absolute atomic E-state index is 14.5. The molecule has 0 fully saturated rings. The van der Waals surface area contributed by atoms with Crippen LogP contribution < -0.4 is 14.8 Å². The summed E-state index contributed by atoms with van der Waals surface area (Å²) < 4.78 is 68.2. The minimum absolute atomic E-state index is 0.00797. The fourth-order valence-corrected chi connectivity index (χ4v) is 4.48. The summed E-state index contributed by atoms with van der Waals surface area (Å²) in [5, 5.41) is 14.1. The van der Waals surface area contributed by atoms with E-state index in [2.05, 4.69) is 15.3 Å². The Bertz CT molecular complexity index is 1630. The van der Waals surface area contributed by atoms with Crippen LogP contribution in [0.5, 0.6) is 11.5 Å². The van der Waals surface area contributed by atoms with E-state index in [1.54, 1.807) is 13.0 Å². The van der Waals surface area contributed by atoms with Crippen molar-refractivity contribution in [2.75, 3.05) is 20.3 Å². The Morgan fingerprint density at radius 2 is 1.76 bits per heavy atom. The van der Waals surface area contributed by atoms with Crippen molar-refractivity contribution in [1.82, 2.24) is 15.3 Å². The van der Waals surface area contributed by atoms with Gasteiger partial charge in [0.25, 0.3) is 5.91 Å². The molecule has 4 aromatic rings. The van der Waals surface area contributed by atoms with Gasteiger partial charge >= 0.3 is 6.18 Å². The summed E-state index contributed by atoms with van der Waals surface area (Å²) in [4.78, 5) is 21.6. The van der Waals surface area contributed by atoms with Crippen LogP contribution in [0.25, 0.3) is 22.2 Å². The number of hydrogen-bond acceptors (Lipinski definition) is 6. The van der Waals surface area contributed by atoms with Gasteiger partial charge in [0.1, 0.15) is 28.5 Å². The highest BCUT2D eigenvalue weighted by Gasteiger charge is 2.56. The lowest BCUT2D eigenvalue weighted by Gasteiger charge is -2.31. The molecule has 12 heteroatoms. The number of alkyl halides is 3.